The number of carbonyl (C=O) groups excluding carboxylic acids is 1. The number of thiazole rings is 1. The van der Waals surface area contributed by atoms with Crippen molar-refractivity contribution in [1.82, 2.24) is 15.6 Å². The summed E-state index contributed by atoms with van der Waals surface area (Å²) in [7, 11) is 1.87. The Morgan fingerprint density at radius 2 is 2.30 bits per heavy atom. The Morgan fingerprint density at radius 3 is 2.95 bits per heavy atom. The molecule has 0 saturated carbocycles. The van der Waals surface area contributed by atoms with Crippen molar-refractivity contribution in [1.29, 1.82) is 0 Å². The molecule has 20 heavy (non-hydrogen) atoms. The van der Waals surface area contributed by atoms with Gasteiger partial charge in [-0.15, -0.1) is 11.3 Å². The van der Waals surface area contributed by atoms with Crippen LogP contribution >= 0.6 is 11.3 Å². The van der Waals surface area contributed by atoms with Crippen LogP contribution in [-0.2, 0) is 11.2 Å². The second-order valence-electron chi connectivity index (χ2n) is 4.72. The number of rotatable bonds is 6. The molecule has 1 amide bonds. The van der Waals surface area contributed by atoms with Gasteiger partial charge in [0.15, 0.2) is 10.8 Å². The lowest BCUT2D eigenvalue weighted by Gasteiger charge is -2.10. The van der Waals surface area contributed by atoms with Crippen molar-refractivity contribution >= 4 is 17.2 Å². The number of nitrogens with one attached hydrogen (secondary N) is 2. The fourth-order valence-electron chi connectivity index (χ4n) is 1.65. The van der Waals surface area contributed by atoms with Crippen LogP contribution in [0.1, 0.15) is 18.4 Å². The molecule has 2 heterocycles. The number of aryl methyl sites for hydroxylation is 1. The van der Waals surface area contributed by atoms with Gasteiger partial charge in [-0.3, -0.25) is 4.79 Å². The highest BCUT2D eigenvalue weighted by atomic mass is 32.1. The van der Waals surface area contributed by atoms with Gasteiger partial charge in [0.1, 0.15) is 5.76 Å². The Hall–Kier alpha value is -1.66. The normalized spacial score (nSPS) is 12.3. The van der Waals surface area contributed by atoms with Crippen LogP contribution in [0.15, 0.2) is 21.9 Å². The molecular formula is C14H19N3O2S. The SMILES string of the molecule is CNC(C)CNC(=O)Cc1csc(-c2ccc(C)o2)n1. The molecule has 6 heteroatoms. The molecule has 0 aliphatic rings. The van der Waals surface area contributed by atoms with Crippen LogP contribution < -0.4 is 10.6 Å². The summed E-state index contributed by atoms with van der Waals surface area (Å²) in [6, 6.07) is 4.06. The van der Waals surface area contributed by atoms with Crippen LogP contribution in [0.4, 0.5) is 0 Å². The van der Waals surface area contributed by atoms with Crippen molar-refractivity contribution in [2.24, 2.45) is 0 Å². The van der Waals surface area contributed by atoms with E-state index in [1.165, 1.54) is 11.3 Å². The van der Waals surface area contributed by atoms with Gasteiger partial charge < -0.3 is 15.1 Å². The van der Waals surface area contributed by atoms with E-state index >= 15 is 0 Å². The lowest BCUT2D eigenvalue weighted by atomic mass is 10.3. The first kappa shape index (κ1) is 14.7. The van der Waals surface area contributed by atoms with Crippen molar-refractivity contribution in [2.75, 3.05) is 13.6 Å². The molecule has 0 fully saturated rings. The van der Waals surface area contributed by atoms with Gasteiger partial charge in [0.05, 0.1) is 12.1 Å². The Balaban J connectivity index is 1.91. The number of hydrogen-bond acceptors (Lipinski definition) is 5. The summed E-state index contributed by atoms with van der Waals surface area (Å²) >= 11 is 1.49. The highest BCUT2D eigenvalue weighted by Crippen LogP contribution is 2.25. The Bertz CT molecular complexity index is 576. The molecule has 0 aliphatic heterocycles. The Kier molecular flexibility index (Phi) is 4.92. The first-order valence-corrected chi connectivity index (χ1v) is 7.41. The summed E-state index contributed by atoms with van der Waals surface area (Å²) in [4.78, 5) is 16.2. The van der Waals surface area contributed by atoms with E-state index in [0.29, 0.717) is 13.0 Å². The fourth-order valence-corrected chi connectivity index (χ4v) is 2.43. The van der Waals surface area contributed by atoms with E-state index in [-0.39, 0.29) is 11.9 Å². The average Bonchev–Trinajstić information content (AvgIpc) is 3.05. The van der Waals surface area contributed by atoms with Crippen LogP contribution in [0.2, 0.25) is 0 Å². The fraction of sp³-hybridized carbons (Fsp3) is 0.429. The minimum absolute atomic E-state index is 0.0143. The lowest BCUT2D eigenvalue weighted by molar-refractivity contribution is -0.120. The first-order valence-electron chi connectivity index (χ1n) is 6.53. The molecule has 5 nitrogen and oxygen atoms in total. The zero-order chi connectivity index (χ0) is 14.5. The van der Waals surface area contributed by atoms with E-state index in [4.69, 9.17) is 4.42 Å². The van der Waals surface area contributed by atoms with Crippen LogP contribution in [0.5, 0.6) is 0 Å². The lowest BCUT2D eigenvalue weighted by Crippen LogP contribution is -2.37. The molecule has 0 bridgehead atoms. The minimum atomic E-state index is -0.0143. The third-order valence-electron chi connectivity index (χ3n) is 2.94. The molecule has 108 valence electrons. The third-order valence-corrected chi connectivity index (χ3v) is 3.85. The Labute approximate surface area is 122 Å². The molecule has 0 aromatic carbocycles. The quantitative estimate of drug-likeness (QED) is 0.854. The zero-order valence-electron chi connectivity index (χ0n) is 11.9. The van der Waals surface area contributed by atoms with Crippen molar-refractivity contribution in [3.8, 4) is 10.8 Å². The van der Waals surface area contributed by atoms with Gasteiger partial charge in [-0.1, -0.05) is 0 Å². The maximum atomic E-state index is 11.8. The number of carbonyl (C=O) groups is 1. The van der Waals surface area contributed by atoms with Crippen LogP contribution in [0.25, 0.3) is 10.8 Å². The van der Waals surface area contributed by atoms with Crippen molar-refractivity contribution in [3.63, 3.8) is 0 Å². The summed E-state index contributed by atoms with van der Waals surface area (Å²) in [6.07, 6.45) is 0.298. The molecule has 0 spiro atoms. The molecule has 1 unspecified atom stereocenters. The average molecular weight is 293 g/mol. The van der Waals surface area contributed by atoms with Crippen molar-refractivity contribution in [2.45, 2.75) is 26.3 Å². The number of hydrogen-bond donors (Lipinski definition) is 2. The molecule has 2 aromatic heterocycles. The van der Waals surface area contributed by atoms with Crippen molar-refractivity contribution < 1.29 is 9.21 Å². The molecular weight excluding hydrogens is 274 g/mol. The van der Waals surface area contributed by atoms with Crippen LogP contribution in [0, 0.1) is 6.92 Å². The van der Waals surface area contributed by atoms with E-state index in [1.54, 1.807) is 0 Å². The predicted molar refractivity (Wildman–Crippen MR) is 79.8 cm³/mol. The highest BCUT2D eigenvalue weighted by Gasteiger charge is 2.11. The molecule has 1 atom stereocenters. The number of furan rings is 1. The van der Waals surface area contributed by atoms with Crippen molar-refractivity contribution in [3.05, 3.63) is 29.0 Å². The zero-order valence-corrected chi connectivity index (χ0v) is 12.7. The second-order valence-corrected chi connectivity index (χ2v) is 5.58. The smallest absolute Gasteiger partial charge is 0.226 e. The number of aromatic nitrogens is 1. The highest BCUT2D eigenvalue weighted by molar-refractivity contribution is 7.13. The summed E-state index contributed by atoms with van der Waals surface area (Å²) < 4.78 is 5.52. The maximum Gasteiger partial charge on any atom is 0.226 e. The van der Waals surface area contributed by atoms with Gasteiger partial charge in [0.2, 0.25) is 5.91 Å². The van der Waals surface area contributed by atoms with E-state index in [2.05, 4.69) is 15.6 Å². The molecule has 0 saturated heterocycles. The monoisotopic (exact) mass is 293 g/mol. The second kappa shape index (κ2) is 6.67. The first-order chi connectivity index (χ1) is 9.58. The minimum Gasteiger partial charge on any atom is -0.459 e. The molecule has 0 radical (unpaired) electrons. The van der Waals surface area contributed by atoms with Gasteiger partial charge in [-0.2, -0.15) is 0 Å². The number of amides is 1. The Morgan fingerprint density at radius 1 is 1.50 bits per heavy atom. The van der Waals surface area contributed by atoms with Crippen LogP contribution in [-0.4, -0.2) is 30.5 Å². The van der Waals surface area contributed by atoms with Gasteiger partial charge in [0, 0.05) is 18.0 Å². The van der Waals surface area contributed by atoms with Gasteiger partial charge in [-0.05, 0) is 33.0 Å². The van der Waals surface area contributed by atoms with E-state index in [1.807, 2.05) is 38.4 Å². The van der Waals surface area contributed by atoms with Gasteiger partial charge in [-0.25, -0.2) is 4.98 Å². The predicted octanol–water partition coefficient (Wildman–Crippen LogP) is 1.98. The third kappa shape index (κ3) is 3.91. The number of nitrogens with zero attached hydrogens (tertiary/aromatic N) is 1. The van der Waals surface area contributed by atoms with Gasteiger partial charge >= 0.3 is 0 Å². The standard InChI is InChI=1S/C14H19N3O2S/c1-9(15-3)7-16-13(18)6-11-8-20-14(17-11)12-5-4-10(2)19-12/h4-5,8-9,15H,6-7H2,1-3H3,(H,16,18). The largest absolute Gasteiger partial charge is 0.459 e. The molecule has 0 aliphatic carbocycles. The number of likely N-dealkylation sites (N-methyl/N-ethyl adjacent to an activating group) is 1. The molecule has 2 rings (SSSR count). The topological polar surface area (TPSA) is 67.2 Å². The molecule has 2 N–H and O–H groups in total. The maximum absolute atomic E-state index is 11.8. The van der Waals surface area contributed by atoms with E-state index in [0.717, 1.165) is 22.2 Å². The summed E-state index contributed by atoms with van der Waals surface area (Å²) in [5.41, 5.74) is 0.772. The summed E-state index contributed by atoms with van der Waals surface area (Å²) in [5.74, 6) is 1.60. The summed E-state index contributed by atoms with van der Waals surface area (Å²) in [6.45, 7) is 4.53. The van der Waals surface area contributed by atoms with Crippen LogP contribution in [0.3, 0.4) is 0 Å². The molecule has 2 aromatic rings. The summed E-state index contributed by atoms with van der Waals surface area (Å²) in [5, 5.41) is 8.65. The van der Waals surface area contributed by atoms with E-state index < -0.39 is 0 Å². The van der Waals surface area contributed by atoms with Gasteiger partial charge in [0.25, 0.3) is 0 Å². The van der Waals surface area contributed by atoms with E-state index in [9.17, 15) is 4.79 Å².